The predicted octanol–water partition coefficient (Wildman–Crippen LogP) is 2.89. The van der Waals surface area contributed by atoms with Crippen LogP contribution in [0.5, 0.6) is 0 Å². The molecular formula is C19H19N5O. The number of hydrogen-bond donors (Lipinski definition) is 1. The zero-order chi connectivity index (χ0) is 17.4. The van der Waals surface area contributed by atoms with E-state index < -0.39 is 0 Å². The minimum atomic E-state index is -0.0663. The van der Waals surface area contributed by atoms with Crippen LogP contribution < -0.4 is 5.73 Å². The van der Waals surface area contributed by atoms with E-state index in [1.807, 2.05) is 42.2 Å². The first-order chi connectivity index (χ1) is 12.1. The van der Waals surface area contributed by atoms with Gasteiger partial charge in [0.15, 0.2) is 0 Å². The van der Waals surface area contributed by atoms with Crippen molar-refractivity contribution in [1.82, 2.24) is 19.9 Å². The predicted molar refractivity (Wildman–Crippen MR) is 95.9 cm³/mol. The molecule has 1 amide bonds. The molecule has 0 spiro atoms. The fraction of sp³-hybridized carbons (Fsp3) is 0.263. The first-order valence-corrected chi connectivity index (χ1v) is 8.39. The SMILES string of the molecule is Cc1nc(N)cc(C2CCCN2C(=O)c2cccc3ncccc23)n1. The van der Waals surface area contributed by atoms with Crippen molar-refractivity contribution < 1.29 is 4.79 Å². The fourth-order valence-electron chi connectivity index (χ4n) is 3.55. The summed E-state index contributed by atoms with van der Waals surface area (Å²) in [6, 6.07) is 11.2. The number of pyridine rings is 1. The lowest BCUT2D eigenvalue weighted by atomic mass is 10.1. The Labute approximate surface area is 145 Å². The zero-order valence-electron chi connectivity index (χ0n) is 14.0. The Hall–Kier alpha value is -3.02. The minimum absolute atomic E-state index is 0.0101. The quantitative estimate of drug-likeness (QED) is 0.779. The van der Waals surface area contributed by atoms with Crippen molar-refractivity contribution in [2.24, 2.45) is 0 Å². The van der Waals surface area contributed by atoms with Crippen molar-refractivity contribution in [3.05, 3.63) is 59.7 Å². The van der Waals surface area contributed by atoms with E-state index in [4.69, 9.17) is 5.73 Å². The molecular weight excluding hydrogens is 314 g/mol. The molecule has 1 saturated heterocycles. The standard InChI is InChI=1S/C19H19N5O/c1-12-22-16(11-18(20)23-12)17-8-4-10-24(17)19(25)14-5-2-7-15-13(14)6-3-9-21-15/h2-3,5-7,9,11,17H,4,8,10H2,1H3,(H2,20,22,23). The second-order valence-electron chi connectivity index (χ2n) is 6.30. The summed E-state index contributed by atoms with van der Waals surface area (Å²) in [6.07, 6.45) is 3.56. The van der Waals surface area contributed by atoms with Crippen LogP contribution in [0, 0.1) is 6.92 Å². The highest BCUT2D eigenvalue weighted by atomic mass is 16.2. The Kier molecular flexibility index (Phi) is 3.80. The Morgan fingerprint density at radius 1 is 1.24 bits per heavy atom. The van der Waals surface area contributed by atoms with Crippen molar-refractivity contribution in [1.29, 1.82) is 0 Å². The number of amides is 1. The van der Waals surface area contributed by atoms with Crippen LogP contribution >= 0.6 is 0 Å². The number of nitrogens with zero attached hydrogens (tertiary/aromatic N) is 4. The molecule has 4 rings (SSSR count). The summed E-state index contributed by atoms with van der Waals surface area (Å²) in [5.41, 5.74) is 8.19. The molecule has 0 bridgehead atoms. The Morgan fingerprint density at radius 2 is 2.12 bits per heavy atom. The number of fused-ring (bicyclic) bond motifs is 1. The average molecular weight is 333 g/mol. The average Bonchev–Trinajstić information content (AvgIpc) is 3.09. The van der Waals surface area contributed by atoms with Crippen LogP contribution in [0.1, 0.15) is 40.8 Å². The molecule has 0 aliphatic carbocycles. The van der Waals surface area contributed by atoms with Crippen LogP contribution in [0.3, 0.4) is 0 Å². The molecule has 3 aromatic rings. The van der Waals surface area contributed by atoms with Crippen molar-refractivity contribution >= 4 is 22.6 Å². The first-order valence-electron chi connectivity index (χ1n) is 8.39. The summed E-state index contributed by atoms with van der Waals surface area (Å²) < 4.78 is 0. The molecule has 1 aliphatic rings. The number of carbonyl (C=O) groups is 1. The third-order valence-electron chi connectivity index (χ3n) is 4.61. The summed E-state index contributed by atoms with van der Waals surface area (Å²) >= 11 is 0. The Morgan fingerprint density at radius 3 is 2.96 bits per heavy atom. The lowest BCUT2D eigenvalue weighted by Crippen LogP contribution is -2.31. The highest BCUT2D eigenvalue weighted by Gasteiger charge is 2.32. The summed E-state index contributed by atoms with van der Waals surface area (Å²) in [5, 5.41) is 0.874. The third-order valence-corrected chi connectivity index (χ3v) is 4.61. The van der Waals surface area contributed by atoms with Gasteiger partial charge in [0.05, 0.1) is 17.3 Å². The van der Waals surface area contributed by atoms with Crippen LogP contribution in [0.2, 0.25) is 0 Å². The van der Waals surface area contributed by atoms with Gasteiger partial charge in [-0.1, -0.05) is 12.1 Å². The second-order valence-corrected chi connectivity index (χ2v) is 6.30. The minimum Gasteiger partial charge on any atom is -0.384 e. The van der Waals surface area contributed by atoms with Gasteiger partial charge in [-0.15, -0.1) is 0 Å². The molecule has 0 radical (unpaired) electrons. The number of benzene rings is 1. The number of likely N-dealkylation sites (tertiary alicyclic amines) is 1. The maximum atomic E-state index is 13.2. The lowest BCUT2D eigenvalue weighted by Gasteiger charge is -2.25. The highest BCUT2D eigenvalue weighted by molar-refractivity contribution is 6.06. The van der Waals surface area contributed by atoms with Crippen molar-refractivity contribution in [2.75, 3.05) is 12.3 Å². The van der Waals surface area contributed by atoms with Gasteiger partial charge >= 0.3 is 0 Å². The molecule has 2 N–H and O–H groups in total. The molecule has 1 atom stereocenters. The summed E-state index contributed by atoms with van der Waals surface area (Å²) in [4.78, 5) is 28.1. The van der Waals surface area contributed by atoms with Gasteiger partial charge in [-0.05, 0) is 38.0 Å². The summed E-state index contributed by atoms with van der Waals surface area (Å²) in [7, 11) is 0. The number of aromatic nitrogens is 3. The number of carbonyl (C=O) groups excluding carboxylic acids is 1. The topological polar surface area (TPSA) is 85.0 Å². The van der Waals surface area contributed by atoms with Gasteiger partial charge in [0.1, 0.15) is 11.6 Å². The number of rotatable bonds is 2. The third kappa shape index (κ3) is 2.80. The van der Waals surface area contributed by atoms with E-state index in [0.29, 0.717) is 23.8 Å². The molecule has 6 heteroatoms. The molecule has 126 valence electrons. The maximum Gasteiger partial charge on any atom is 0.255 e. The van der Waals surface area contributed by atoms with Crippen molar-refractivity contribution in [3.8, 4) is 0 Å². The largest absolute Gasteiger partial charge is 0.384 e. The van der Waals surface area contributed by atoms with E-state index in [1.54, 1.807) is 12.3 Å². The van der Waals surface area contributed by atoms with Gasteiger partial charge in [-0.25, -0.2) is 9.97 Å². The lowest BCUT2D eigenvalue weighted by molar-refractivity contribution is 0.0734. The molecule has 1 aliphatic heterocycles. The summed E-state index contributed by atoms with van der Waals surface area (Å²) in [6.45, 7) is 2.53. The normalized spacial score (nSPS) is 17.2. The zero-order valence-corrected chi connectivity index (χ0v) is 14.0. The smallest absolute Gasteiger partial charge is 0.255 e. The number of hydrogen-bond acceptors (Lipinski definition) is 5. The van der Waals surface area contributed by atoms with Gasteiger partial charge in [-0.3, -0.25) is 9.78 Å². The molecule has 1 unspecified atom stereocenters. The van der Waals surface area contributed by atoms with Crippen molar-refractivity contribution in [3.63, 3.8) is 0 Å². The fourth-order valence-corrected chi connectivity index (χ4v) is 3.55. The van der Waals surface area contributed by atoms with Crippen LogP contribution in [-0.2, 0) is 0 Å². The van der Waals surface area contributed by atoms with Crippen molar-refractivity contribution in [2.45, 2.75) is 25.8 Å². The Bertz CT molecular complexity index is 930. The molecule has 3 heterocycles. The number of nitrogen functional groups attached to an aromatic ring is 1. The van der Waals surface area contributed by atoms with Gasteiger partial charge < -0.3 is 10.6 Å². The second kappa shape index (κ2) is 6.12. The van der Waals surface area contributed by atoms with E-state index in [0.717, 1.165) is 29.4 Å². The highest BCUT2D eigenvalue weighted by Crippen LogP contribution is 2.33. The first kappa shape index (κ1) is 15.5. The van der Waals surface area contributed by atoms with Crippen LogP contribution in [0.25, 0.3) is 10.9 Å². The van der Waals surface area contributed by atoms with Gasteiger partial charge in [0.25, 0.3) is 5.91 Å². The number of aryl methyl sites for hydroxylation is 1. The Balaban J connectivity index is 1.73. The van der Waals surface area contributed by atoms with Gasteiger partial charge in [0, 0.05) is 29.8 Å². The molecule has 2 aromatic heterocycles. The van der Waals surface area contributed by atoms with Crippen LogP contribution in [0.15, 0.2) is 42.6 Å². The molecule has 1 fully saturated rings. The summed E-state index contributed by atoms with van der Waals surface area (Å²) in [5.74, 6) is 1.08. The molecule has 25 heavy (non-hydrogen) atoms. The van der Waals surface area contributed by atoms with Gasteiger partial charge in [-0.2, -0.15) is 0 Å². The molecule has 6 nitrogen and oxygen atoms in total. The van der Waals surface area contributed by atoms with E-state index in [9.17, 15) is 4.79 Å². The van der Waals surface area contributed by atoms with E-state index in [-0.39, 0.29) is 11.9 Å². The van der Waals surface area contributed by atoms with E-state index in [2.05, 4.69) is 15.0 Å². The van der Waals surface area contributed by atoms with Gasteiger partial charge in [0.2, 0.25) is 0 Å². The van der Waals surface area contributed by atoms with Crippen LogP contribution in [0.4, 0.5) is 5.82 Å². The molecule has 1 aromatic carbocycles. The maximum absolute atomic E-state index is 13.2. The van der Waals surface area contributed by atoms with E-state index >= 15 is 0 Å². The number of anilines is 1. The van der Waals surface area contributed by atoms with E-state index in [1.165, 1.54) is 0 Å². The van der Waals surface area contributed by atoms with Crippen LogP contribution in [-0.4, -0.2) is 32.3 Å². The monoisotopic (exact) mass is 333 g/mol. The molecule has 0 saturated carbocycles. The number of nitrogens with two attached hydrogens (primary N) is 1.